The van der Waals surface area contributed by atoms with Gasteiger partial charge in [0.1, 0.15) is 6.61 Å². The summed E-state index contributed by atoms with van der Waals surface area (Å²) in [6.45, 7) is 6.86. The van der Waals surface area contributed by atoms with Gasteiger partial charge in [-0.2, -0.15) is 0 Å². The molecule has 0 amide bonds. The van der Waals surface area contributed by atoms with Crippen molar-refractivity contribution < 1.29 is 9.47 Å². The molecule has 5 nitrogen and oxygen atoms in total. The molecule has 0 aliphatic rings. The molecule has 0 spiro atoms. The van der Waals surface area contributed by atoms with Crippen LogP contribution in [0.15, 0.2) is 30.7 Å². The maximum absolute atomic E-state index is 5.90. The van der Waals surface area contributed by atoms with Crippen LogP contribution < -0.4 is 14.8 Å². The zero-order valence-corrected chi connectivity index (χ0v) is 12.9. The van der Waals surface area contributed by atoms with Crippen LogP contribution in [0.2, 0.25) is 0 Å². The Hall–Kier alpha value is -2.01. The van der Waals surface area contributed by atoms with E-state index in [1.165, 1.54) is 5.56 Å². The van der Waals surface area contributed by atoms with Crippen LogP contribution in [-0.2, 0) is 19.7 Å². The van der Waals surface area contributed by atoms with E-state index >= 15 is 0 Å². The number of aromatic nitrogens is 2. The topological polar surface area (TPSA) is 48.3 Å². The van der Waals surface area contributed by atoms with Crippen LogP contribution in [0.4, 0.5) is 0 Å². The van der Waals surface area contributed by atoms with Gasteiger partial charge in [-0.1, -0.05) is 6.07 Å². The molecule has 2 aromatic rings. The fourth-order valence-electron chi connectivity index (χ4n) is 2.16. The summed E-state index contributed by atoms with van der Waals surface area (Å²) in [5, 5.41) is 3.13. The minimum absolute atomic E-state index is 0.485. The Kier molecular flexibility index (Phi) is 5.63. The van der Waals surface area contributed by atoms with Crippen LogP contribution in [-0.4, -0.2) is 23.2 Å². The highest BCUT2D eigenvalue weighted by atomic mass is 16.5. The molecule has 0 saturated heterocycles. The summed E-state index contributed by atoms with van der Waals surface area (Å²) in [5.74, 6) is 1.55. The molecular weight excluding hydrogens is 266 g/mol. The predicted octanol–water partition coefficient (Wildman–Crippen LogP) is 2.60. The van der Waals surface area contributed by atoms with Crippen molar-refractivity contribution >= 4 is 0 Å². The first-order valence-corrected chi connectivity index (χ1v) is 7.30. The average Bonchev–Trinajstić information content (AvgIpc) is 2.94. The van der Waals surface area contributed by atoms with Gasteiger partial charge in [-0.3, -0.25) is 0 Å². The van der Waals surface area contributed by atoms with Crippen molar-refractivity contribution in [1.29, 1.82) is 0 Å². The van der Waals surface area contributed by atoms with E-state index in [1.54, 1.807) is 0 Å². The van der Waals surface area contributed by atoms with Crippen LogP contribution in [0.1, 0.15) is 25.1 Å². The summed E-state index contributed by atoms with van der Waals surface area (Å²) in [6.07, 6.45) is 3.65. The molecule has 1 heterocycles. The van der Waals surface area contributed by atoms with Gasteiger partial charge in [-0.05, 0) is 38.6 Å². The highest BCUT2D eigenvalue weighted by molar-refractivity contribution is 5.43. The third kappa shape index (κ3) is 3.98. The lowest BCUT2D eigenvalue weighted by Crippen LogP contribution is -2.07. The molecular formula is C16H23N3O2. The van der Waals surface area contributed by atoms with E-state index in [1.807, 2.05) is 44.7 Å². The summed E-state index contributed by atoms with van der Waals surface area (Å²) >= 11 is 0. The van der Waals surface area contributed by atoms with Gasteiger partial charge in [-0.15, -0.1) is 0 Å². The first-order chi connectivity index (χ1) is 10.3. The van der Waals surface area contributed by atoms with E-state index in [4.69, 9.17) is 9.47 Å². The molecule has 0 aliphatic carbocycles. The van der Waals surface area contributed by atoms with Crippen LogP contribution in [0.3, 0.4) is 0 Å². The van der Waals surface area contributed by atoms with Crippen molar-refractivity contribution in [2.75, 3.05) is 13.7 Å². The van der Waals surface area contributed by atoms with Gasteiger partial charge < -0.3 is 19.4 Å². The van der Waals surface area contributed by atoms with E-state index in [9.17, 15) is 0 Å². The smallest absolute Gasteiger partial charge is 0.161 e. The van der Waals surface area contributed by atoms with E-state index in [2.05, 4.69) is 21.8 Å². The molecule has 0 bridgehead atoms. The number of ether oxygens (including phenoxy) is 2. The average molecular weight is 289 g/mol. The molecule has 0 saturated carbocycles. The Morgan fingerprint density at radius 2 is 2.05 bits per heavy atom. The number of nitrogens with one attached hydrogen (secondary N) is 1. The van der Waals surface area contributed by atoms with Gasteiger partial charge in [0.2, 0.25) is 0 Å². The minimum Gasteiger partial charge on any atom is -0.490 e. The maximum atomic E-state index is 5.90. The molecule has 1 aromatic carbocycles. The van der Waals surface area contributed by atoms with Crippen LogP contribution in [0, 0.1) is 0 Å². The summed E-state index contributed by atoms with van der Waals surface area (Å²) in [5.41, 5.74) is 2.23. The van der Waals surface area contributed by atoms with E-state index in [0.29, 0.717) is 13.2 Å². The number of hydrogen-bond acceptors (Lipinski definition) is 4. The number of rotatable bonds is 8. The lowest BCUT2D eigenvalue weighted by atomic mass is 10.2. The van der Waals surface area contributed by atoms with Crippen LogP contribution in [0.5, 0.6) is 11.5 Å². The SMILES string of the molecule is CCOc1cc(CNC)ccc1OCc1cncn1CC. The Morgan fingerprint density at radius 3 is 2.76 bits per heavy atom. The number of benzene rings is 1. The molecule has 0 atom stereocenters. The van der Waals surface area contributed by atoms with Crippen molar-refractivity contribution in [3.8, 4) is 11.5 Å². The number of aryl methyl sites for hydroxylation is 1. The normalized spacial score (nSPS) is 10.6. The number of hydrogen-bond donors (Lipinski definition) is 1. The van der Waals surface area contributed by atoms with Crippen molar-refractivity contribution in [3.05, 3.63) is 42.0 Å². The first-order valence-electron chi connectivity index (χ1n) is 7.30. The molecule has 1 N–H and O–H groups in total. The third-order valence-electron chi connectivity index (χ3n) is 3.20. The Morgan fingerprint density at radius 1 is 1.19 bits per heavy atom. The molecule has 114 valence electrons. The lowest BCUT2D eigenvalue weighted by molar-refractivity contribution is 0.263. The first kappa shape index (κ1) is 15.4. The molecule has 0 fully saturated rings. The Bertz CT molecular complexity index is 566. The molecule has 1 aromatic heterocycles. The lowest BCUT2D eigenvalue weighted by Gasteiger charge is -2.14. The largest absolute Gasteiger partial charge is 0.490 e. The molecule has 2 rings (SSSR count). The predicted molar refractivity (Wildman–Crippen MR) is 82.6 cm³/mol. The molecule has 0 unspecified atom stereocenters. The second-order valence-corrected chi connectivity index (χ2v) is 4.70. The van der Waals surface area contributed by atoms with Crippen LogP contribution in [0.25, 0.3) is 0 Å². The maximum Gasteiger partial charge on any atom is 0.161 e. The third-order valence-corrected chi connectivity index (χ3v) is 3.20. The van der Waals surface area contributed by atoms with Gasteiger partial charge in [0, 0.05) is 13.1 Å². The zero-order valence-electron chi connectivity index (χ0n) is 12.9. The monoisotopic (exact) mass is 289 g/mol. The van der Waals surface area contributed by atoms with Crippen molar-refractivity contribution in [3.63, 3.8) is 0 Å². The summed E-state index contributed by atoms with van der Waals surface area (Å²) in [6, 6.07) is 6.03. The van der Waals surface area contributed by atoms with Crippen molar-refractivity contribution in [1.82, 2.24) is 14.9 Å². The zero-order chi connectivity index (χ0) is 15.1. The van der Waals surface area contributed by atoms with Crippen molar-refractivity contribution in [2.45, 2.75) is 33.5 Å². The highest BCUT2D eigenvalue weighted by Crippen LogP contribution is 2.29. The van der Waals surface area contributed by atoms with E-state index in [0.717, 1.165) is 30.3 Å². The second kappa shape index (κ2) is 7.69. The number of imidazole rings is 1. The van der Waals surface area contributed by atoms with Gasteiger partial charge in [-0.25, -0.2) is 4.98 Å². The molecule has 0 radical (unpaired) electrons. The fraction of sp³-hybridized carbons (Fsp3) is 0.438. The quantitative estimate of drug-likeness (QED) is 0.811. The second-order valence-electron chi connectivity index (χ2n) is 4.70. The Labute approximate surface area is 125 Å². The Balaban J connectivity index is 2.11. The van der Waals surface area contributed by atoms with Gasteiger partial charge in [0.05, 0.1) is 24.8 Å². The number of nitrogens with zero attached hydrogens (tertiary/aromatic N) is 2. The molecule has 5 heteroatoms. The highest BCUT2D eigenvalue weighted by Gasteiger charge is 2.08. The summed E-state index contributed by atoms with van der Waals surface area (Å²) < 4.78 is 13.6. The summed E-state index contributed by atoms with van der Waals surface area (Å²) in [4.78, 5) is 4.15. The minimum atomic E-state index is 0.485. The molecule has 21 heavy (non-hydrogen) atoms. The van der Waals surface area contributed by atoms with Gasteiger partial charge in [0.15, 0.2) is 11.5 Å². The molecule has 0 aliphatic heterocycles. The van der Waals surface area contributed by atoms with E-state index in [-0.39, 0.29) is 0 Å². The van der Waals surface area contributed by atoms with Gasteiger partial charge >= 0.3 is 0 Å². The summed E-state index contributed by atoms with van der Waals surface area (Å²) in [7, 11) is 1.93. The fourth-order valence-corrected chi connectivity index (χ4v) is 2.16. The van der Waals surface area contributed by atoms with Crippen LogP contribution >= 0.6 is 0 Å². The van der Waals surface area contributed by atoms with E-state index < -0.39 is 0 Å². The van der Waals surface area contributed by atoms with Crippen molar-refractivity contribution in [2.24, 2.45) is 0 Å². The standard InChI is InChI=1S/C16H23N3O2/c1-4-19-12-18-10-14(19)11-21-15-7-6-13(9-17-3)8-16(15)20-5-2/h6-8,10,12,17H,4-5,9,11H2,1-3H3. The van der Waals surface area contributed by atoms with Gasteiger partial charge in [0.25, 0.3) is 0 Å².